The summed E-state index contributed by atoms with van der Waals surface area (Å²) in [5.74, 6) is 0.353. The summed E-state index contributed by atoms with van der Waals surface area (Å²) in [6, 6.07) is 0. The van der Waals surface area contributed by atoms with E-state index in [1.807, 2.05) is 24.7 Å². The Bertz CT molecular complexity index is 452. The van der Waals surface area contributed by atoms with Crippen LogP contribution in [0, 0.1) is 6.92 Å². The number of rotatable bonds is 12. The lowest BCUT2D eigenvalue weighted by molar-refractivity contribution is -0.692. The molecule has 1 aromatic heterocycles. The Kier molecular flexibility index (Phi) is 8.86. The molecule has 126 valence electrons. The summed E-state index contributed by atoms with van der Waals surface area (Å²) in [4.78, 5) is 10.9. The van der Waals surface area contributed by atoms with Crippen LogP contribution in [0.15, 0.2) is 6.20 Å². The van der Waals surface area contributed by atoms with Crippen molar-refractivity contribution in [2.24, 2.45) is 7.05 Å². The number of nitrogens with zero attached hydrogens (tertiary/aromatic N) is 2. The van der Waals surface area contributed by atoms with Crippen LogP contribution in [0.3, 0.4) is 0 Å². The minimum absolute atomic E-state index is 0.0639. The fourth-order valence-electron chi connectivity index (χ4n) is 2.97. The van der Waals surface area contributed by atoms with Gasteiger partial charge in [-0.05, 0) is 6.42 Å². The predicted molar refractivity (Wildman–Crippen MR) is 88.9 cm³/mol. The number of hydrogen-bond donors (Lipinski definition) is 1. The molecule has 1 rings (SSSR count). The lowest BCUT2D eigenvalue weighted by Crippen LogP contribution is -2.40. The van der Waals surface area contributed by atoms with Crippen molar-refractivity contribution in [1.82, 2.24) is 4.57 Å². The normalized spacial score (nSPS) is 11.0. The molecule has 0 saturated carbocycles. The number of aryl methyl sites for hydroxylation is 1. The van der Waals surface area contributed by atoms with Crippen LogP contribution in [0.1, 0.15) is 76.2 Å². The molecule has 1 N–H and O–H groups in total. The molecule has 0 bridgehead atoms. The summed E-state index contributed by atoms with van der Waals surface area (Å²) in [5.41, 5.74) is 1.12. The topological polar surface area (TPSA) is 46.1 Å². The number of aromatic nitrogens is 2. The van der Waals surface area contributed by atoms with Gasteiger partial charge in [-0.2, -0.15) is 0 Å². The van der Waals surface area contributed by atoms with E-state index in [4.69, 9.17) is 5.11 Å². The van der Waals surface area contributed by atoms with Gasteiger partial charge < -0.3 is 5.11 Å². The number of hydrogen-bond acceptors (Lipinski definition) is 1. The van der Waals surface area contributed by atoms with Gasteiger partial charge in [-0.1, -0.05) is 58.3 Å². The van der Waals surface area contributed by atoms with Crippen molar-refractivity contribution >= 4 is 5.97 Å². The third kappa shape index (κ3) is 6.63. The summed E-state index contributed by atoms with van der Waals surface area (Å²) < 4.78 is 4.00. The first-order valence-electron chi connectivity index (χ1n) is 8.82. The van der Waals surface area contributed by atoms with Crippen molar-refractivity contribution in [3.63, 3.8) is 0 Å². The minimum Gasteiger partial charge on any atom is -0.478 e. The molecule has 1 heterocycles. The quantitative estimate of drug-likeness (QED) is 0.472. The second-order valence-electron chi connectivity index (χ2n) is 6.35. The van der Waals surface area contributed by atoms with Crippen molar-refractivity contribution in [3.8, 4) is 0 Å². The van der Waals surface area contributed by atoms with Crippen LogP contribution >= 0.6 is 0 Å². The van der Waals surface area contributed by atoms with Crippen LogP contribution in [-0.4, -0.2) is 15.6 Å². The van der Waals surface area contributed by atoms with Gasteiger partial charge in [-0.3, -0.25) is 0 Å². The van der Waals surface area contributed by atoms with Gasteiger partial charge >= 0.3 is 5.97 Å². The lowest BCUT2D eigenvalue weighted by Gasteiger charge is -2.03. The van der Waals surface area contributed by atoms with Crippen molar-refractivity contribution < 1.29 is 14.5 Å². The molecule has 4 heteroatoms. The van der Waals surface area contributed by atoms with Crippen molar-refractivity contribution in [2.45, 2.75) is 84.6 Å². The molecular weight excluding hydrogens is 276 g/mol. The molecule has 0 saturated heterocycles. The third-order valence-electron chi connectivity index (χ3n) is 4.40. The third-order valence-corrected chi connectivity index (χ3v) is 4.40. The maximum Gasteiger partial charge on any atom is 0.346 e. The number of unbranched alkanes of at least 4 members (excludes halogenated alkanes) is 8. The molecule has 0 atom stereocenters. The SMILES string of the molecule is CCCCCCCCCCCc1n(C)c(C)c[n+]1CC(=O)O. The van der Waals surface area contributed by atoms with Crippen LogP contribution in [-0.2, 0) is 24.8 Å². The number of imidazole rings is 1. The highest BCUT2D eigenvalue weighted by atomic mass is 16.4. The molecule has 0 aromatic carbocycles. The van der Waals surface area contributed by atoms with Gasteiger partial charge in [-0.15, -0.1) is 0 Å². The zero-order chi connectivity index (χ0) is 16.4. The highest BCUT2D eigenvalue weighted by Gasteiger charge is 2.19. The van der Waals surface area contributed by atoms with E-state index in [-0.39, 0.29) is 6.54 Å². The van der Waals surface area contributed by atoms with E-state index in [0.29, 0.717) is 0 Å². The van der Waals surface area contributed by atoms with E-state index < -0.39 is 5.97 Å². The second kappa shape index (κ2) is 10.4. The predicted octanol–water partition coefficient (Wildman–Crippen LogP) is 3.78. The molecule has 4 nitrogen and oxygen atoms in total. The van der Waals surface area contributed by atoms with Crippen molar-refractivity contribution in [2.75, 3.05) is 0 Å². The number of carboxylic acid groups (broad SMARTS) is 1. The van der Waals surface area contributed by atoms with E-state index in [2.05, 4.69) is 11.5 Å². The summed E-state index contributed by atoms with van der Waals surface area (Å²) in [5, 5.41) is 8.99. The van der Waals surface area contributed by atoms with Gasteiger partial charge in [0, 0.05) is 13.3 Å². The second-order valence-corrected chi connectivity index (χ2v) is 6.35. The Morgan fingerprint density at radius 2 is 1.64 bits per heavy atom. The zero-order valence-corrected chi connectivity index (χ0v) is 14.6. The molecule has 0 spiro atoms. The summed E-state index contributed by atoms with van der Waals surface area (Å²) in [6.07, 6.45) is 14.7. The number of carbonyl (C=O) groups is 1. The monoisotopic (exact) mass is 309 g/mol. The maximum atomic E-state index is 10.9. The smallest absolute Gasteiger partial charge is 0.346 e. The minimum atomic E-state index is -0.774. The highest BCUT2D eigenvalue weighted by Crippen LogP contribution is 2.11. The molecule has 1 aromatic rings. The molecule has 0 unspecified atom stereocenters. The van der Waals surface area contributed by atoms with Crippen molar-refractivity contribution in [3.05, 3.63) is 17.7 Å². The summed E-state index contributed by atoms with van der Waals surface area (Å²) >= 11 is 0. The first kappa shape index (κ1) is 18.7. The van der Waals surface area contributed by atoms with Gasteiger partial charge in [0.2, 0.25) is 0 Å². The maximum absolute atomic E-state index is 10.9. The van der Waals surface area contributed by atoms with E-state index >= 15 is 0 Å². The van der Waals surface area contributed by atoms with E-state index in [0.717, 1.165) is 24.4 Å². The summed E-state index contributed by atoms with van der Waals surface area (Å²) in [7, 11) is 2.02. The van der Waals surface area contributed by atoms with Crippen LogP contribution in [0.25, 0.3) is 0 Å². The Morgan fingerprint density at radius 3 is 2.18 bits per heavy atom. The van der Waals surface area contributed by atoms with E-state index in [9.17, 15) is 4.79 Å². The molecular formula is C18H33N2O2+. The fourth-order valence-corrected chi connectivity index (χ4v) is 2.97. The Morgan fingerprint density at radius 1 is 1.09 bits per heavy atom. The molecule has 0 amide bonds. The summed E-state index contributed by atoms with van der Waals surface area (Å²) in [6.45, 7) is 4.34. The van der Waals surface area contributed by atoms with Gasteiger partial charge in [0.15, 0.2) is 6.54 Å². The Labute approximate surface area is 135 Å². The first-order valence-corrected chi connectivity index (χ1v) is 8.82. The van der Waals surface area contributed by atoms with Crippen LogP contribution < -0.4 is 4.57 Å². The van der Waals surface area contributed by atoms with Gasteiger partial charge in [0.05, 0.1) is 7.05 Å². The first-order chi connectivity index (χ1) is 10.6. The average molecular weight is 309 g/mol. The van der Waals surface area contributed by atoms with Gasteiger partial charge in [0.25, 0.3) is 5.82 Å². The Hall–Kier alpha value is -1.32. The fraction of sp³-hybridized carbons (Fsp3) is 0.778. The number of carboxylic acids is 1. The molecule has 22 heavy (non-hydrogen) atoms. The van der Waals surface area contributed by atoms with E-state index in [1.165, 1.54) is 51.4 Å². The lowest BCUT2D eigenvalue weighted by atomic mass is 10.1. The standard InChI is InChI=1S/C18H32N2O2/c1-4-5-6-7-8-9-10-11-12-13-17-19(3)16(2)14-20(17)15-18(21)22/h14H,4-13,15H2,1-3H3/p+1. The van der Waals surface area contributed by atoms with Crippen molar-refractivity contribution in [1.29, 1.82) is 0 Å². The molecule has 0 fully saturated rings. The molecule has 0 aliphatic heterocycles. The molecule has 0 radical (unpaired) electrons. The van der Waals surface area contributed by atoms with E-state index in [1.54, 1.807) is 0 Å². The van der Waals surface area contributed by atoms with Crippen LogP contribution in [0.4, 0.5) is 0 Å². The van der Waals surface area contributed by atoms with Crippen LogP contribution in [0.5, 0.6) is 0 Å². The molecule has 0 aliphatic rings. The Balaban J connectivity index is 2.25. The number of aliphatic carboxylic acids is 1. The van der Waals surface area contributed by atoms with Gasteiger partial charge in [0.1, 0.15) is 11.9 Å². The average Bonchev–Trinajstić information content (AvgIpc) is 2.72. The highest BCUT2D eigenvalue weighted by molar-refractivity contribution is 5.64. The largest absolute Gasteiger partial charge is 0.478 e. The zero-order valence-electron chi connectivity index (χ0n) is 14.6. The van der Waals surface area contributed by atoms with Crippen LogP contribution in [0.2, 0.25) is 0 Å². The van der Waals surface area contributed by atoms with Gasteiger partial charge in [-0.25, -0.2) is 13.9 Å². The molecule has 0 aliphatic carbocycles.